The van der Waals surface area contributed by atoms with Crippen LogP contribution in [-0.4, -0.2) is 4.57 Å². The average molecular weight is 698 g/mol. The largest absolute Gasteiger partial charge is 0.309 e. The maximum Gasteiger partial charge on any atom is 0.0751 e. The van der Waals surface area contributed by atoms with E-state index < -0.39 is 5.41 Å². The summed E-state index contributed by atoms with van der Waals surface area (Å²) in [7, 11) is 0. The van der Waals surface area contributed by atoms with Crippen LogP contribution in [0.15, 0.2) is 208 Å². The fourth-order valence-corrected chi connectivity index (χ4v) is 11.2. The van der Waals surface area contributed by atoms with Crippen molar-refractivity contribution < 1.29 is 0 Å². The highest BCUT2D eigenvalue weighted by Gasteiger charge is 2.50. The summed E-state index contributed by atoms with van der Waals surface area (Å²) >= 11 is 3.80. The Balaban J connectivity index is 1.22. The zero-order chi connectivity index (χ0) is 34.2. The predicted octanol–water partition coefficient (Wildman–Crippen LogP) is 13.4. The molecule has 0 radical (unpaired) electrons. The monoisotopic (exact) mass is 697 g/mol. The van der Waals surface area contributed by atoms with E-state index in [0.29, 0.717) is 0 Å². The first kappa shape index (κ1) is 29.9. The second-order valence-corrected chi connectivity index (χ2v) is 15.8. The summed E-state index contributed by atoms with van der Waals surface area (Å²) in [4.78, 5) is 5.24. The second kappa shape index (κ2) is 11.6. The van der Waals surface area contributed by atoms with Gasteiger partial charge in [0.2, 0.25) is 0 Å². The first-order valence-corrected chi connectivity index (χ1v) is 19.4. The molecule has 1 atom stereocenters. The molecular weight excluding hydrogens is 667 g/mol. The fourth-order valence-electron chi connectivity index (χ4n) is 8.77. The van der Waals surface area contributed by atoms with Crippen molar-refractivity contribution in [2.75, 3.05) is 0 Å². The van der Waals surface area contributed by atoms with Crippen molar-refractivity contribution in [1.29, 1.82) is 0 Å². The van der Waals surface area contributed by atoms with Crippen molar-refractivity contribution in [3.8, 4) is 27.9 Å². The molecule has 0 N–H and O–H groups in total. The van der Waals surface area contributed by atoms with Crippen LogP contribution in [0.5, 0.6) is 0 Å². The summed E-state index contributed by atoms with van der Waals surface area (Å²) in [6.45, 7) is 0. The minimum absolute atomic E-state index is 0.514. The number of para-hydroxylation sites is 2. The molecule has 0 saturated carbocycles. The van der Waals surface area contributed by atoms with Gasteiger partial charge in [-0.15, -0.1) is 0 Å². The third kappa shape index (κ3) is 4.27. The summed E-state index contributed by atoms with van der Waals surface area (Å²) in [6.07, 6.45) is 0. The van der Waals surface area contributed by atoms with Gasteiger partial charge < -0.3 is 4.57 Å². The van der Waals surface area contributed by atoms with Gasteiger partial charge in [0, 0.05) is 36.0 Å². The molecule has 244 valence electrons. The summed E-state index contributed by atoms with van der Waals surface area (Å²) < 4.78 is 2.41. The molecule has 0 saturated heterocycles. The van der Waals surface area contributed by atoms with Crippen molar-refractivity contribution in [3.05, 3.63) is 210 Å². The molecule has 1 spiro atoms. The van der Waals surface area contributed by atoms with E-state index in [0.717, 1.165) is 0 Å². The fraction of sp³-hybridized carbons (Fsp3) is 0.0204. The Morgan fingerprint density at radius 3 is 1.73 bits per heavy atom. The van der Waals surface area contributed by atoms with Crippen molar-refractivity contribution in [1.82, 2.24) is 4.57 Å². The standard InChI is InChI=1S/C49H31NS2/c1-3-14-32(15-4-1)36-19-13-25-47-48(36)49(40-21-9-12-24-45(40)52-47)39-20-8-11-23-44(39)51-46-29-27-33(30-41(46)49)34-26-28-38-37-18-7-10-22-42(37)50(43(38)31-34)35-16-5-2-6-17-35/h1-31H. The Morgan fingerprint density at radius 2 is 0.942 bits per heavy atom. The van der Waals surface area contributed by atoms with Gasteiger partial charge in [-0.1, -0.05) is 157 Å². The second-order valence-electron chi connectivity index (χ2n) is 13.6. The summed E-state index contributed by atoms with van der Waals surface area (Å²) in [5.74, 6) is 0. The van der Waals surface area contributed by atoms with Crippen LogP contribution in [0.25, 0.3) is 49.7 Å². The Kier molecular flexibility index (Phi) is 6.70. The molecule has 0 fully saturated rings. The predicted molar refractivity (Wildman–Crippen MR) is 218 cm³/mol. The molecule has 1 nitrogen and oxygen atoms in total. The van der Waals surface area contributed by atoms with E-state index in [-0.39, 0.29) is 0 Å². The first-order chi connectivity index (χ1) is 25.8. The highest BCUT2D eigenvalue weighted by Crippen LogP contribution is 2.63. The zero-order valence-corrected chi connectivity index (χ0v) is 29.8. The molecule has 1 unspecified atom stereocenters. The smallest absolute Gasteiger partial charge is 0.0751 e. The number of aromatic nitrogens is 1. The average Bonchev–Trinajstić information content (AvgIpc) is 3.55. The highest BCUT2D eigenvalue weighted by molar-refractivity contribution is 8.00. The molecule has 3 heterocycles. The molecule has 11 rings (SSSR count). The van der Waals surface area contributed by atoms with Crippen LogP contribution in [0.2, 0.25) is 0 Å². The molecule has 8 aromatic carbocycles. The number of hydrogen-bond donors (Lipinski definition) is 0. The lowest BCUT2D eigenvalue weighted by atomic mass is 9.62. The molecular formula is C49H31NS2. The maximum atomic E-state index is 2.51. The lowest BCUT2D eigenvalue weighted by molar-refractivity contribution is 0.669. The highest BCUT2D eigenvalue weighted by atomic mass is 32.2. The first-order valence-electron chi connectivity index (χ1n) is 17.8. The molecule has 3 heteroatoms. The Hall–Kier alpha value is -5.74. The maximum absolute atomic E-state index is 2.51. The summed E-state index contributed by atoms with van der Waals surface area (Å²) in [6, 6.07) is 69.8. The van der Waals surface area contributed by atoms with Gasteiger partial charge in [0.1, 0.15) is 0 Å². The van der Waals surface area contributed by atoms with Crippen LogP contribution < -0.4 is 0 Å². The van der Waals surface area contributed by atoms with Crippen molar-refractivity contribution in [2.24, 2.45) is 0 Å². The van der Waals surface area contributed by atoms with Crippen LogP contribution in [0, 0.1) is 0 Å². The topological polar surface area (TPSA) is 4.93 Å². The lowest BCUT2D eigenvalue weighted by Gasteiger charge is -2.46. The van der Waals surface area contributed by atoms with E-state index in [9.17, 15) is 0 Å². The van der Waals surface area contributed by atoms with Gasteiger partial charge in [0.05, 0.1) is 16.4 Å². The SMILES string of the molecule is c1ccc(-c2cccc3c2C2(c4ccccc4Sc4ccc(-c5ccc6c7ccccc7n(-c7ccccc7)c6c5)cc42)c2ccccc2S3)cc1. The lowest BCUT2D eigenvalue weighted by Crippen LogP contribution is -2.37. The molecule has 0 bridgehead atoms. The third-order valence-electron chi connectivity index (χ3n) is 10.9. The number of benzene rings is 8. The Bertz CT molecular complexity index is 2810. The number of rotatable bonds is 3. The van der Waals surface area contributed by atoms with Gasteiger partial charge in [-0.3, -0.25) is 0 Å². The number of nitrogens with zero attached hydrogens (tertiary/aromatic N) is 1. The minimum Gasteiger partial charge on any atom is -0.309 e. The van der Waals surface area contributed by atoms with E-state index in [1.807, 2.05) is 23.5 Å². The summed E-state index contributed by atoms with van der Waals surface area (Å²) in [5.41, 5.74) is 13.5. The van der Waals surface area contributed by atoms with Gasteiger partial charge in [-0.2, -0.15) is 0 Å². The molecule has 2 aliphatic heterocycles. The van der Waals surface area contributed by atoms with Crippen molar-refractivity contribution in [2.45, 2.75) is 25.0 Å². The van der Waals surface area contributed by atoms with Crippen LogP contribution in [0.1, 0.15) is 22.3 Å². The molecule has 52 heavy (non-hydrogen) atoms. The van der Waals surface area contributed by atoms with Gasteiger partial charge >= 0.3 is 0 Å². The molecule has 9 aromatic rings. The van der Waals surface area contributed by atoms with Gasteiger partial charge in [0.15, 0.2) is 0 Å². The van der Waals surface area contributed by atoms with Crippen LogP contribution in [0.3, 0.4) is 0 Å². The van der Waals surface area contributed by atoms with E-state index in [4.69, 9.17) is 0 Å². The molecule has 2 aliphatic rings. The van der Waals surface area contributed by atoms with Crippen LogP contribution in [-0.2, 0) is 5.41 Å². The van der Waals surface area contributed by atoms with E-state index in [1.165, 1.54) is 91.6 Å². The Labute approximate surface area is 311 Å². The van der Waals surface area contributed by atoms with Crippen LogP contribution >= 0.6 is 23.5 Å². The van der Waals surface area contributed by atoms with E-state index in [1.54, 1.807) is 0 Å². The zero-order valence-electron chi connectivity index (χ0n) is 28.2. The van der Waals surface area contributed by atoms with Gasteiger partial charge in [-0.25, -0.2) is 0 Å². The molecule has 1 aromatic heterocycles. The number of hydrogen-bond acceptors (Lipinski definition) is 2. The summed E-state index contributed by atoms with van der Waals surface area (Å²) in [5, 5.41) is 2.54. The van der Waals surface area contributed by atoms with Gasteiger partial charge in [-0.05, 0) is 99.1 Å². The van der Waals surface area contributed by atoms with Crippen LogP contribution in [0.4, 0.5) is 0 Å². The number of fused-ring (bicyclic) bond motifs is 11. The molecule has 0 amide bonds. The Morgan fingerprint density at radius 1 is 0.365 bits per heavy atom. The van der Waals surface area contributed by atoms with E-state index >= 15 is 0 Å². The quantitative estimate of drug-likeness (QED) is 0.181. The molecule has 0 aliphatic carbocycles. The minimum atomic E-state index is -0.514. The third-order valence-corrected chi connectivity index (χ3v) is 13.2. The van der Waals surface area contributed by atoms with E-state index in [2.05, 4.69) is 193 Å². The normalized spacial score (nSPS) is 15.6. The van der Waals surface area contributed by atoms with Gasteiger partial charge in [0.25, 0.3) is 0 Å². The van der Waals surface area contributed by atoms with Crippen molar-refractivity contribution >= 4 is 45.3 Å². The van der Waals surface area contributed by atoms with Crippen molar-refractivity contribution in [3.63, 3.8) is 0 Å².